The number of hydrogen-bond donors (Lipinski definition) is 1. The van der Waals surface area contributed by atoms with Crippen LogP contribution in [0.2, 0.25) is 0 Å². The van der Waals surface area contributed by atoms with Gasteiger partial charge in [0.15, 0.2) is 0 Å². The molecule has 8 nitrogen and oxygen atoms in total. The van der Waals surface area contributed by atoms with Crippen molar-refractivity contribution in [3.8, 4) is 0 Å². The average Bonchev–Trinajstić information content (AvgIpc) is 3.15. The molecule has 2 aromatic rings. The maximum atomic E-state index is 5.44. The van der Waals surface area contributed by atoms with E-state index in [4.69, 9.17) is 4.74 Å². The van der Waals surface area contributed by atoms with E-state index in [0.717, 1.165) is 54.4 Å². The summed E-state index contributed by atoms with van der Waals surface area (Å²) >= 11 is 1.61. The molecule has 1 N–H and O–H groups in total. The molecule has 22 heavy (non-hydrogen) atoms. The molecular weight excluding hydrogens is 302 g/mol. The molecule has 9 heteroatoms. The predicted molar refractivity (Wildman–Crippen MR) is 83.0 cm³/mol. The van der Waals surface area contributed by atoms with Crippen molar-refractivity contribution in [2.75, 3.05) is 30.8 Å². The van der Waals surface area contributed by atoms with E-state index in [0.29, 0.717) is 5.92 Å². The summed E-state index contributed by atoms with van der Waals surface area (Å²) in [5, 5.41) is 15.5. The summed E-state index contributed by atoms with van der Waals surface area (Å²) < 4.78 is 7.10. The first kappa shape index (κ1) is 15.2. The molecule has 3 heterocycles. The van der Waals surface area contributed by atoms with Gasteiger partial charge >= 0.3 is 0 Å². The van der Waals surface area contributed by atoms with Gasteiger partial charge in [0.05, 0.1) is 12.3 Å². The predicted octanol–water partition coefficient (Wildman–Crippen LogP) is 1.02. The molecule has 1 fully saturated rings. The van der Waals surface area contributed by atoms with Crippen molar-refractivity contribution in [3.05, 3.63) is 17.6 Å². The number of ether oxygens (including phenoxy) is 1. The van der Waals surface area contributed by atoms with E-state index in [9.17, 15) is 0 Å². The lowest BCUT2D eigenvalue weighted by Gasteiger charge is -2.11. The molecule has 3 rings (SSSR count). The first-order valence-corrected chi connectivity index (χ1v) is 8.23. The topological polar surface area (TPSA) is 90.6 Å². The Morgan fingerprint density at radius 1 is 1.45 bits per heavy atom. The lowest BCUT2D eigenvalue weighted by Crippen LogP contribution is -2.10. The zero-order valence-corrected chi connectivity index (χ0v) is 13.5. The lowest BCUT2D eigenvalue weighted by molar-refractivity contribution is 0.193. The fourth-order valence-electron chi connectivity index (χ4n) is 2.32. The molecule has 1 aliphatic heterocycles. The van der Waals surface area contributed by atoms with Gasteiger partial charge in [-0.1, -0.05) is 11.8 Å². The van der Waals surface area contributed by atoms with Gasteiger partial charge < -0.3 is 10.1 Å². The van der Waals surface area contributed by atoms with Crippen molar-refractivity contribution in [2.24, 2.45) is 7.05 Å². The largest absolute Gasteiger partial charge is 0.381 e. The standard InChI is InChI=1S/C13H19N7OS/c1-9-15-11(10-3-5-21-8-10)7-12(16-9)14-4-6-22-13-17-18-19-20(13)2/h7,10H,3-6,8H2,1-2H3,(H,14,15,16)/t10-/m0/s1. The van der Waals surface area contributed by atoms with Gasteiger partial charge in [-0.15, -0.1) is 5.10 Å². The van der Waals surface area contributed by atoms with Crippen LogP contribution in [-0.4, -0.2) is 55.7 Å². The van der Waals surface area contributed by atoms with E-state index in [-0.39, 0.29) is 0 Å². The van der Waals surface area contributed by atoms with Gasteiger partial charge in [0, 0.05) is 37.9 Å². The summed E-state index contributed by atoms with van der Waals surface area (Å²) in [5.74, 6) is 2.91. The molecule has 2 aromatic heterocycles. The zero-order valence-electron chi connectivity index (χ0n) is 12.7. The van der Waals surface area contributed by atoms with Gasteiger partial charge in [0.2, 0.25) is 5.16 Å². The molecule has 118 valence electrons. The Balaban J connectivity index is 1.54. The minimum absolute atomic E-state index is 0.390. The average molecular weight is 321 g/mol. The van der Waals surface area contributed by atoms with Crippen molar-refractivity contribution in [1.82, 2.24) is 30.2 Å². The first-order chi connectivity index (χ1) is 10.7. The van der Waals surface area contributed by atoms with Gasteiger partial charge in [0.25, 0.3) is 0 Å². The zero-order chi connectivity index (χ0) is 15.4. The number of hydrogen-bond acceptors (Lipinski definition) is 8. The third-order valence-corrected chi connectivity index (χ3v) is 4.44. The molecule has 0 bridgehead atoms. The van der Waals surface area contributed by atoms with Crippen LogP contribution in [0.5, 0.6) is 0 Å². The number of aromatic nitrogens is 6. The number of thioether (sulfide) groups is 1. The van der Waals surface area contributed by atoms with Crippen LogP contribution < -0.4 is 5.32 Å². The number of aryl methyl sites for hydroxylation is 2. The minimum atomic E-state index is 0.390. The van der Waals surface area contributed by atoms with Crippen LogP contribution in [0.3, 0.4) is 0 Å². The molecule has 1 aliphatic rings. The van der Waals surface area contributed by atoms with Crippen molar-refractivity contribution >= 4 is 17.6 Å². The van der Waals surface area contributed by atoms with Crippen molar-refractivity contribution in [3.63, 3.8) is 0 Å². The number of rotatable bonds is 6. The summed E-state index contributed by atoms with van der Waals surface area (Å²) in [6.07, 6.45) is 1.03. The smallest absolute Gasteiger partial charge is 0.209 e. The van der Waals surface area contributed by atoms with Crippen LogP contribution in [0.25, 0.3) is 0 Å². The number of nitrogens with zero attached hydrogens (tertiary/aromatic N) is 6. The van der Waals surface area contributed by atoms with Crippen molar-refractivity contribution < 1.29 is 4.74 Å². The summed E-state index contributed by atoms with van der Waals surface area (Å²) in [5.41, 5.74) is 1.07. The molecule has 0 spiro atoms. The highest BCUT2D eigenvalue weighted by atomic mass is 32.2. The third-order valence-electron chi connectivity index (χ3n) is 3.43. The molecule has 1 atom stereocenters. The second kappa shape index (κ2) is 7.01. The van der Waals surface area contributed by atoms with Crippen LogP contribution in [0.15, 0.2) is 11.2 Å². The molecule has 0 aliphatic carbocycles. The Hall–Kier alpha value is -1.74. The first-order valence-electron chi connectivity index (χ1n) is 7.25. The molecule has 0 amide bonds. The highest BCUT2D eigenvalue weighted by Gasteiger charge is 2.20. The highest BCUT2D eigenvalue weighted by Crippen LogP contribution is 2.25. The SMILES string of the molecule is Cc1nc(NCCSc2nnnn2C)cc([C@H]2CCOC2)n1. The molecule has 0 saturated carbocycles. The Morgan fingerprint density at radius 3 is 3.09 bits per heavy atom. The van der Waals surface area contributed by atoms with E-state index in [2.05, 4.69) is 30.8 Å². The van der Waals surface area contributed by atoms with Crippen LogP contribution >= 0.6 is 11.8 Å². The summed E-state index contributed by atoms with van der Waals surface area (Å²) in [4.78, 5) is 8.97. The quantitative estimate of drug-likeness (QED) is 0.623. The van der Waals surface area contributed by atoms with Gasteiger partial charge in [-0.05, 0) is 23.8 Å². The van der Waals surface area contributed by atoms with Crippen LogP contribution in [0.1, 0.15) is 23.9 Å². The van der Waals surface area contributed by atoms with Gasteiger partial charge in [-0.25, -0.2) is 14.6 Å². The monoisotopic (exact) mass is 321 g/mol. The summed E-state index contributed by atoms with van der Waals surface area (Å²) in [6.45, 7) is 4.28. The van der Waals surface area contributed by atoms with Crippen LogP contribution in [-0.2, 0) is 11.8 Å². The highest BCUT2D eigenvalue weighted by molar-refractivity contribution is 7.99. The normalized spacial score (nSPS) is 17.8. The van der Waals surface area contributed by atoms with Gasteiger partial charge in [0.1, 0.15) is 11.6 Å². The van der Waals surface area contributed by atoms with Gasteiger partial charge in [-0.2, -0.15) is 0 Å². The van der Waals surface area contributed by atoms with Crippen molar-refractivity contribution in [1.29, 1.82) is 0 Å². The Labute approximate surface area is 133 Å². The molecule has 0 radical (unpaired) electrons. The Morgan fingerprint density at radius 2 is 2.36 bits per heavy atom. The van der Waals surface area contributed by atoms with E-state index in [1.807, 2.05) is 20.0 Å². The minimum Gasteiger partial charge on any atom is -0.381 e. The fraction of sp³-hybridized carbons (Fsp3) is 0.615. The number of anilines is 1. The van der Waals surface area contributed by atoms with Gasteiger partial charge in [-0.3, -0.25) is 0 Å². The van der Waals surface area contributed by atoms with Crippen LogP contribution in [0, 0.1) is 6.92 Å². The molecule has 0 aromatic carbocycles. The Kier molecular flexibility index (Phi) is 4.84. The van der Waals surface area contributed by atoms with Crippen LogP contribution in [0.4, 0.5) is 5.82 Å². The molecular formula is C13H19N7OS. The lowest BCUT2D eigenvalue weighted by atomic mass is 10.0. The fourth-order valence-corrected chi connectivity index (χ4v) is 3.03. The third kappa shape index (κ3) is 3.72. The second-order valence-electron chi connectivity index (χ2n) is 5.15. The summed E-state index contributed by atoms with van der Waals surface area (Å²) in [6, 6.07) is 2.03. The summed E-state index contributed by atoms with van der Waals surface area (Å²) in [7, 11) is 1.83. The van der Waals surface area contributed by atoms with E-state index < -0.39 is 0 Å². The number of nitrogens with one attached hydrogen (secondary N) is 1. The van der Waals surface area contributed by atoms with Crippen molar-refractivity contribution in [2.45, 2.75) is 24.4 Å². The Bertz CT molecular complexity index is 627. The van der Waals surface area contributed by atoms with E-state index in [1.165, 1.54) is 0 Å². The second-order valence-corrected chi connectivity index (χ2v) is 6.21. The van der Waals surface area contributed by atoms with E-state index in [1.54, 1.807) is 16.4 Å². The molecule has 1 saturated heterocycles. The maximum Gasteiger partial charge on any atom is 0.209 e. The van der Waals surface area contributed by atoms with E-state index >= 15 is 0 Å². The molecule has 0 unspecified atom stereocenters. The maximum absolute atomic E-state index is 5.44. The number of tetrazole rings is 1.